The second-order valence-corrected chi connectivity index (χ2v) is 6.54. The summed E-state index contributed by atoms with van der Waals surface area (Å²) in [6, 6.07) is 10.1. The molecule has 1 aromatic carbocycles. The van der Waals surface area contributed by atoms with E-state index in [1.54, 1.807) is 0 Å². The molecular weight excluding hydrogens is 364 g/mol. The number of carbonyl (C=O) groups is 1. The van der Waals surface area contributed by atoms with Crippen molar-refractivity contribution in [3.63, 3.8) is 0 Å². The lowest BCUT2D eigenvalue weighted by Crippen LogP contribution is -2.36. The zero-order valence-corrected chi connectivity index (χ0v) is 15.4. The number of pyridine rings is 1. The molecule has 1 aromatic heterocycles. The maximum Gasteiger partial charge on any atom is 0.285 e. The Hall–Kier alpha value is -3.04. The van der Waals surface area contributed by atoms with E-state index in [1.165, 1.54) is 0 Å². The Kier molecular flexibility index (Phi) is 6.51. The smallest absolute Gasteiger partial charge is 0.285 e. The van der Waals surface area contributed by atoms with E-state index in [0.29, 0.717) is 6.54 Å². The Labute approximate surface area is 161 Å². The van der Waals surface area contributed by atoms with Crippen LogP contribution in [0.15, 0.2) is 47.4 Å². The van der Waals surface area contributed by atoms with Gasteiger partial charge in [-0.05, 0) is 11.1 Å². The predicted molar refractivity (Wildman–Crippen MR) is 102 cm³/mol. The van der Waals surface area contributed by atoms with Crippen molar-refractivity contribution < 1.29 is 14.5 Å². The van der Waals surface area contributed by atoms with Crippen molar-refractivity contribution in [2.75, 3.05) is 26.3 Å². The van der Waals surface area contributed by atoms with Crippen molar-refractivity contribution in [1.82, 2.24) is 14.8 Å². The SMILES string of the molecule is O=C(Cn1cc([N+](=O)[O-])ccc1=O)NCc1ccccc1CN1CCOCC1. The van der Waals surface area contributed by atoms with Crippen LogP contribution < -0.4 is 10.9 Å². The number of hydrogen-bond acceptors (Lipinski definition) is 6. The summed E-state index contributed by atoms with van der Waals surface area (Å²) in [6.45, 7) is 4.01. The quantitative estimate of drug-likeness (QED) is 0.560. The monoisotopic (exact) mass is 386 g/mol. The number of nitrogens with zero attached hydrogens (tertiary/aromatic N) is 3. The Morgan fingerprint density at radius 2 is 1.86 bits per heavy atom. The van der Waals surface area contributed by atoms with Gasteiger partial charge in [0.25, 0.3) is 11.2 Å². The highest BCUT2D eigenvalue weighted by atomic mass is 16.6. The highest BCUT2D eigenvalue weighted by molar-refractivity contribution is 5.75. The highest BCUT2D eigenvalue weighted by Gasteiger charge is 2.14. The van der Waals surface area contributed by atoms with E-state index >= 15 is 0 Å². The van der Waals surface area contributed by atoms with Crippen molar-refractivity contribution in [1.29, 1.82) is 0 Å². The topological polar surface area (TPSA) is 107 Å². The standard InChI is InChI=1S/C19H22N4O5/c24-18(14-22-13-17(23(26)27)5-6-19(22)25)20-11-15-3-1-2-4-16(15)12-21-7-9-28-10-8-21/h1-6,13H,7-12,14H2,(H,20,24). The van der Waals surface area contributed by atoms with Crippen LogP contribution in [-0.2, 0) is 29.2 Å². The van der Waals surface area contributed by atoms with Gasteiger partial charge in [-0.1, -0.05) is 24.3 Å². The van der Waals surface area contributed by atoms with Crippen molar-refractivity contribution in [2.45, 2.75) is 19.6 Å². The molecule has 1 saturated heterocycles. The predicted octanol–water partition coefficient (Wildman–Crippen LogP) is 0.905. The maximum atomic E-state index is 12.3. The van der Waals surface area contributed by atoms with Crippen molar-refractivity contribution in [3.8, 4) is 0 Å². The fourth-order valence-electron chi connectivity index (χ4n) is 3.04. The Balaban J connectivity index is 1.61. The number of hydrogen-bond donors (Lipinski definition) is 1. The van der Waals surface area contributed by atoms with Crippen molar-refractivity contribution >= 4 is 11.6 Å². The first-order valence-electron chi connectivity index (χ1n) is 9.01. The molecule has 0 bridgehead atoms. The second-order valence-electron chi connectivity index (χ2n) is 6.54. The number of ether oxygens (including phenoxy) is 1. The molecule has 2 aromatic rings. The second kappa shape index (κ2) is 9.25. The normalized spacial score (nSPS) is 14.6. The lowest BCUT2D eigenvalue weighted by Gasteiger charge is -2.27. The van der Waals surface area contributed by atoms with Gasteiger partial charge in [0.05, 0.1) is 24.3 Å². The van der Waals surface area contributed by atoms with Gasteiger partial charge in [0.15, 0.2) is 0 Å². The number of carbonyl (C=O) groups excluding carboxylic acids is 1. The minimum Gasteiger partial charge on any atom is -0.379 e. The summed E-state index contributed by atoms with van der Waals surface area (Å²) in [4.78, 5) is 36.6. The van der Waals surface area contributed by atoms with Crippen LogP contribution in [0, 0.1) is 10.1 Å². The van der Waals surface area contributed by atoms with Crippen LogP contribution in [0.5, 0.6) is 0 Å². The van der Waals surface area contributed by atoms with Crippen LogP contribution in [0.2, 0.25) is 0 Å². The molecule has 3 rings (SSSR count). The molecule has 1 fully saturated rings. The summed E-state index contributed by atoms with van der Waals surface area (Å²) in [5.74, 6) is -0.385. The number of morpholine rings is 1. The van der Waals surface area contributed by atoms with Crippen LogP contribution in [-0.4, -0.2) is 46.6 Å². The van der Waals surface area contributed by atoms with E-state index in [0.717, 1.165) is 66.9 Å². The van der Waals surface area contributed by atoms with E-state index in [-0.39, 0.29) is 18.1 Å². The molecule has 0 atom stereocenters. The summed E-state index contributed by atoms with van der Waals surface area (Å²) in [5, 5.41) is 13.6. The van der Waals surface area contributed by atoms with E-state index in [4.69, 9.17) is 4.74 Å². The third kappa shape index (κ3) is 5.24. The largest absolute Gasteiger partial charge is 0.379 e. The Morgan fingerprint density at radius 3 is 2.57 bits per heavy atom. The van der Waals surface area contributed by atoms with Gasteiger partial charge in [0, 0.05) is 38.3 Å². The molecule has 1 aliphatic rings. The van der Waals surface area contributed by atoms with E-state index < -0.39 is 10.5 Å². The van der Waals surface area contributed by atoms with Gasteiger partial charge in [-0.25, -0.2) is 0 Å². The van der Waals surface area contributed by atoms with Gasteiger partial charge >= 0.3 is 0 Å². The lowest BCUT2D eigenvalue weighted by atomic mass is 10.1. The molecule has 0 radical (unpaired) electrons. The summed E-state index contributed by atoms with van der Waals surface area (Å²) >= 11 is 0. The third-order valence-corrected chi connectivity index (χ3v) is 4.58. The molecule has 1 amide bonds. The number of benzene rings is 1. The van der Waals surface area contributed by atoms with E-state index in [9.17, 15) is 19.7 Å². The van der Waals surface area contributed by atoms with Crippen LogP contribution in [0.4, 0.5) is 5.69 Å². The number of nitro groups is 1. The lowest BCUT2D eigenvalue weighted by molar-refractivity contribution is -0.385. The molecule has 2 heterocycles. The van der Waals surface area contributed by atoms with Crippen molar-refractivity contribution in [2.24, 2.45) is 0 Å². The first-order chi connectivity index (χ1) is 13.5. The Morgan fingerprint density at radius 1 is 1.14 bits per heavy atom. The van der Waals surface area contributed by atoms with Crippen LogP contribution in [0.1, 0.15) is 11.1 Å². The summed E-state index contributed by atoms with van der Waals surface area (Å²) in [7, 11) is 0. The molecular formula is C19H22N4O5. The van der Waals surface area contributed by atoms with Crippen LogP contribution >= 0.6 is 0 Å². The average molecular weight is 386 g/mol. The van der Waals surface area contributed by atoms with E-state index in [2.05, 4.69) is 10.2 Å². The first kappa shape index (κ1) is 19.7. The number of aromatic nitrogens is 1. The third-order valence-electron chi connectivity index (χ3n) is 4.58. The molecule has 1 aliphatic heterocycles. The molecule has 148 valence electrons. The fourth-order valence-corrected chi connectivity index (χ4v) is 3.04. The number of amides is 1. The zero-order valence-electron chi connectivity index (χ0n) is 15.4. The van der Waals surface area contributed by atoms with Gasteiger partial charge in [-0.3, -0.25) is 29.2 Å². The molecule has 0 spiro atoms. The van der Waals surface area contributed by atoms with Gasteiger partial charge in [0.1, 0.15) is 6.54 Å². The summed E-state index contributed by atoms with van der Waals surface area (Å²) < 4.78 is 6.40. The highest BCUT2D eigenvalue weighted by Crippen LogP contribution is 2.13. The summed E-state index contributed by atoms with van der Waals surface area (Å²) in [6.07, 6.45) is 1.08. The minimum atomic E-state index is -0.601. The van der Waals surface area contributed by atoms with E-state index in [1.807, 2.05) is 24.3 Å². The molecule has 9 heteroatoms. The average Bonchev–Trinajstić information content (AvgIpc) is 2.69. The van der Waals surface area contributed by atoms with Gasteiger partial charge < -0.3 is 10.1 Å². The molecule has 1 N–H and O–H groups in total. The van der Waals surface area contributed by atoms with Gasteiger partial charge in [-0.15, -0.1) is 0 Å². The first-order valence-corrected chi connectivity index (χ1v) is 9.01. The maximum absolute atomic E-state index is 12.3. The molecule has 0 aliphatic carbocycles. The molecule has 9 nitrogen and oxygen atoms in total. The molecule has 0 saturated carbocycles. The zero-order chi connectivity index (χ0) is 19.9. The molecule has 28 heavy (non-hydrogen) atoms. The number of rotatable bonds is 7. The molecule has 0 unspecified atom stereocenters. The van der Waals surface area contributed by atoms with Crippen LogP contribution in [0.25, 0.3) is 0 Å². The van der Waals surface area contributed by atoms with Crippen molar-refractivity contribution in [3.05, 3.63) is 74.2 Å². The Bertz CT molecular complexity index is 905. The minimum absolute atomic E-state index is 0.233. The van der Waals surface area contributed by atoms with Gasteiger partial charge in [-0.2, -0.15) is 0 Å². The van der Waals surface area contributed by atoms with Crippen LogP contribution in [0.3, 0.4) is 0 Å². The number of nitrogens with one attached hydrogen (secondary N) is 1. The fraction of sp³-hybridized carbons (Fsp3) is 0.368. The summed E-state index contributed by atoms with van der Waals surface area (Å²) in [5.41, 5.74) is 1.42. The van der Waals surface area contributed by atoms with Gasteiger partial charge in [0.2, 0.25) is 5.91 Å².